The quantitative estimate of drug-likeness (QED) is 0.145. The van der Waals surface area contributed by atoms with Gasteiger partial charge >= 0.3 is 0 Å². The Labute approximate surface area is 340 Å². The number of rotatable bonds is 9. The zero-order valence-corrected chi connectivity index (χ0v) is 32.0. The Morgan fingerprint density at radius 1 is 0.224 bits per heavy atom. The molecule has 0 bridgehead atoms. The monoisotopic (exact) mass is 740 g/mol. The van der Waals surface area contributed by atoms with Gasteiger partial charge in [0.05, 0.1) is 5.69 Å². The third-order valence-electron chi connectivity index (χ3n) is 11.0. The molecule has 0 aliphatic carbocycles. The molecule has 274 valence electrons. The van der Waals surface area contributed by atoms with E-state index in [9.17, 15) is 0 Å². The highest BCUT2D eigenvalue weighted by Gasteiger charge is 2.20. The van der Waals surface area contributed by atoms with E-state index in [-0.39, 0.29) is 0 Å². The van der Waals surface area contributed by atoms with Gasteiger partial charge in [0.25, 0.3) is 0 Å². The van der Waals surface area contributed by atoms with Crippen LogP contribution in [0.2, 0.25) is 0 Å². The van der Waals surface area contributed by atoms with Crippen LogP contribution >= 0.6 is 0 Å². The molecule has 10 aromatic carbocycles. The van der Waals surface area contributed by atoms with Crippen LogP contribution in [-0.4, -0.2) is 0 Å². The van der Waals surface area contributed by atoms with Gasteiger partial charge in [-0.15, -0.1) is 0 Å². The van der Waals surface area contributed by atoms with Crippen molar-refractivity contribution in [1.29, 1.82) is 0 Å². The molecule has 0 aliphatic rings. The molecule has 0 unspecified atom stereocenters. The van der Waals surface area contributed by atoms with Crippen LogP contribution in [0.15, 0.2) is 243 Å². The smallest absolute Gasteiger partial charge is 0.0546 e. The fourth-order valence-corrected chi connectivity index (χ4v) is 8.18. The van der Waals surface area contributed by atoms with Gasteiger partial charge in [0.2, 0.25) is 0 Å². The molecule has 0 saturated carbocycles. The molecule has 10 rings (SSSR count). The third-order valence-corrected chi connectivity index (χ3v) is 11.0. The third kappa shape index (κ3) is 6.78. The van der Waals surface area contributed by atoms with Gasteiger partial charge in [0.1, 0.15) is 0 Å². The second-order valence-corrected chi connectivity index (χ2v) is 14.6. The number of hydrogen-bond acceptors (Lipinski definition) is 2. The van der Waals surface area contributed by atoms with Gasteiger partial charge in [-0.3, -0.25) is 0 Å². The van der Waals surface area contributed by atoms with Crippen molar-refractivity contribution in [2.75, 3.05) is 9.80 Å². The molecule has 58 heavy (non-hydrogen) atoms. The standard InChI is InChI=1S/C56H40N2/c1-4-15-41(16-5-1)43-27-33-50(34-28-43)57(49-23-8-3-9-24-49)52-25-14-22-48(39-52)44-29-35-51(36-30-44)58(53-37-31-42-17-10-11-21-47(42)40-53)55-38-32-45-18-12-13-26-54(45)56(55)46-19-6-2-7-20-46/h1-40H. The van der Waals surface area contributed by atoms with Gasteiger partial charge in [-0.1, -0.05) is 176 Å². The number of hydrogen-bond donors (Lipinski definition) is 0. The average molecular weight is 741 g/mol. The number of nitrogens with zero attached hydrogens (tertiary/aromatic N) is 2. The lowest BCUT2D eigenvalue weighted by Crippen LogP contribution is -2.11. The summed E-state index contributed by atoms with van der Waals surface area (Å²) >= 11 is 0. The minimum atomic E-state index is 1.09. The SMILES string of the molecule is c1ccc(-c2ccc(N(c3ccccc3)c3cccc(-c4ccc(N(c5ccc6ccccc6c5)c5ccc6ccccc6c5-c5ccccc5)cc4)c3)cc2)cc1. The number of benzene rings is 10. The van der Waals surface area contributed by atoms with Gasteiger partial charge in [-0.2, -0.15) is 0 Å². The fraction of sp³-hybridized carbons (Fsp3) is 0. The van der Waals surface area contributed by atoms with E-state index >= 15 is 0 Å². The lowest BCUT2D eigenvalue weighted by Gasteiger charge is -2.29. The number of anilines is 6. The average Bonchev–Trinajstić information content (AvgIpc) is 3.30. The second kappa shape index (κ2) is 15.5. The maximum atomic E-state index is 2.41. The highest BCUT2D eigenvalue weighted by Crippen LogP contribution is 2.45. The van der Waals surface area contributed by atoms with Crippen LogP contribution in [0, 0.1) is 0 Å². The van der Waals surface area contributed by atoms with Crippen molar-refractivity contribution in [1.82, 2.24) is 0 Å². The molecule has 2 nitrogen and oxygen atoms in total. The van der Waals surface area contributed by atoms with Crippen molar-refractivity contribution in [2.24, 2.45) is 0 Å². The van der Waals surface area contributed by atoms with Gasteiger partial charge in [0, 0.05) is 34.0 Å². The van der Waals surface area contributed by atoms with Crippen molar-refractivity contribution in [3.63, 3.8) is 0 Å². The summed E-state index contributed by atoms with van der Waals surface area (Å²) in [5.74, 6) is 0. The van der Waals surface area contributed by atoms with Crippen LogP contribution in [0.3, 0.4) is 0 Å². The van der Waals surface area contributed by atoms with Crippen LogP contribution in [0.5, 0.6) is 0 Å². The maximum Gasteiger partial charge on any atom is 0.0546 e. The zero-order chi connectivity index (χ0) is 38.7. The lowest BCUT2D eigenvalue weighted by molar-refractivity contribution is 1.28. The number of fused-ring (bicyclic) bond motifs is 2. The lowest BCUT2D eigenvalue weighted by atomic mass is 9.95. The van der Waals surface area contributed by atoms with Gasteiger partial charge in [0.15, 0.2) is 0 Å². The van der Waals surface area contributed by atoms with Crippen LogP contribution < -0.4 is 9.80 Å². The molecule has 0 atom stereocenters. The van der Waals surface area contributed by atoms with Crippen LogP contribution in [0.1, 0.15) is 0 Å². The first-order valence-corrected chi connectivity index (χ1v) is 19.8. The van der Waals surface area contributed by atoms with Crippen LogP contribution in [-0.2, 0) is 0 Å². The molecule has 0 heterocycles. The predicted octanol–water partition coefficient (Wildman–Crippen LogP) is 15.9. The van der Waals surface area contributed by atoms with Crippen LogP contribution in [0.25, 0.3) is 54.9 Å². The summed E-state index contributed by atoms with van der Waals surface area (Å²) in [6.45, 7) is 0. The summed E-state index contributed by atoms with van der Waals surface area (Å²) in [5, 5.41) is 4.87. The second-order valence-electron chi connectivity index (χ2n) is 14.6. The largest absolute Gasteiger partial charge is 0.310 e. The molecule has 0 amide bonds. The van der Waals surface area contributed by atoms with Crippen molar-refractivity contribution in [3.05, 3.63) is 243 Å². The normalized spacial score (nSPS) is 11.1. The van der Waals surface area contributed by atoms with Crippen molar-refractivity contribution in [2.45, 2.75) is 0 Å². The van der Waals surface area contributed by atoms with Gasteiger partial charge in [-0.25, -0.2) is 0 Å². The molecule has 2 heteroatoms. The highest BCUT2D eigenvalue weighted by molar-refractivity contribution is 6.06. The first kappa shape index (κ1) is 34.8. The van der Waals surface area contributed by atoms with Gasteiger partial charge < -0.3 is 9.80 Å². The first-order valence-electron chi connectivity index (χ1n) is 19.8. The predicted molar refractivity (Wildman–Crippen MR) is 247 cm³/mol. The molecule has 0 spiro atoms. The first-order chi connectivity index (χ1) is 28.8. The molecule has 0 saturated heterocycles. The van der Waals surface area contributed by atoms with Crippen molar-refractivity contribution in [3.8, 4) is 33.4 Å². The van der Waals surface area contributed by atoms with E-state index in [4.69, 9.17) is 0 Å². The Balaban J connectivity index is 1.07. The zero-order valence-electron chi connectivity index (χ0n) is 32.0. The Hall–Kier alpha value is -7.68. The topological polar surface area (TPSA) is 6.48 Å². The maximum absolute atomic E-state index is 2.41. The van der Waals surface area contributed by atoms with Gasteiger partial charge in [-0.05, 0) is 116 Å². The molecule has 0 aliphatic heterocycles. The Kier molecular flexibility index (Phi) is 9.27. The highest BCUT2D eigenvalue weighted by atomic mass is 15.1. The molecule has 0 N–H and O–H groups in total. The van der Waals surface area contributed by atoms with E-state index in [0.29, 0.717) is 0 Å². The summed E-state index contributed by atoms with van der Waals surface area (Å²) in [4.78, 5) is 4.75. The summed E-state index contributed by atoms with van der Waals surface area (Å²) in [6, 6.07) is 87.3. The summed E-state index contributed by atoms with van der Waals surface area (Å²) in [5.41, 5.74) is 13.8. The minimum absolute atomic E-state index is 1.09. The molecular weight excluding hydrogens is 701 g/mol. The summed E-state index contributed by atoms with van der Waals surface area (Å²) in [7, 11) is 0. The number of para-hydroxylation sites is 1. The molecular formula is C56H40N2. The molecule has 0 aromatic heterocycles. The van der Waals surface area contributed by atoms with Crippen molar-refractivity contribution >= 4 is 55.7 Å². The summed E-state index contributed by atoms with van der Waals surface area (Å²) < 4.78 is 0. The molecule has 10 aromatic rings. The van der Waals surface area contributed by atoms with Crippen LogP contribution in [0.4, 0.5) is 34.1 Å². The van der Waals surface area contributed by atoms with E-state index in [1.807, 2.05) is 0 Å². The van der Waals surface area contributed by atoms with E-state index in [1.54, 1.807) is 0 Å². The Bertz CT molecular complexity index is 2980. The van der Waals surface area contributed by atoms with E-state index in [1.165, 1.54) is 43.8 Å². The minimum Gasteiger partial charge on any atom is -0.310 e. The Morgan fingerprint density at radius 2 is 0.672 bits per heavy atom. The van der Waals surface area contributed by atoms with E-state index < -0.39 is 0 Å². The fourth-order valence-electron chi connectivity index (χ4n) is 8.18. The van der Waals surface area contributed by atoms with E-state index in [0.717, 1.165) is 45.3 Å². The van der Waals surface area contributed by atoms with Crippen molar-refractivity contribution < 1.29 is 0 Å². The van der Waals surface area contributed by atoms with E-state index in [2.05, 4.69) is 252 Å². The summed E-state index contributed by atoms with van der Waals surface area (Å²) in [6.07, 6.45) is 0. The Morgan fingerprint density at radius 3 is 1.38 bits per heavy atom. The molecule has 0 radical (unpaired) electrons. The molecule has 0 fully saturated rings.